The van der Waals surface area contributed by atoms with Gasteiger partial charge < -0.3 is 10.2 Å². The molecule has 1 aromatic heterocycles. The van der Waals surface area contributed by atoms with Crippen LogP contribution < -0.4 is 5.32 Å². The minimum absolute atomic E-state index is 0.193. The molecule has 8 heteroatoms. The van der Waals surface area contributed by atoms with E-state index >= 15 is 0 Å². The van der Waals surface area contributed by atoms with Crippen LogP contribution in [0.5, 0.6) is 0 Å². The van der Waals surface area contributed by atoms with Gasteiger partial charge >= 0.3 is 0 Å². The summed E-state index contributed by atoms with van der Waals surface area (Å²) in [7, 11) is 2.23. The third-order valence-corrected chi connectivity index (χ3v) is 5.00. The van der Waals surface area contributed by atoms with Gasteiger partial charge in [-0.15, -0.1) is 0 Å². The average Bonchev–Trinajstić information content (AvgIpc) is 2.83. The molecule has 1 heterocycles. The minimum atomic E-state index is -3.50. The molecule has 0 radical (unpaired) electrons. The zero-order valence-electron chi connectivity index (χ0n) is 12.7. The lowest BCUT2D eigenvalue weighted by Gasteiger charge is -2.21. The molecule has 1 rings (SSSR count). The van der Waals surface area contributed by atoms with Crippen LogP contribution in [0.25, 0.3) is 0 Å². The monoisotopic (exact) mass is 303 g/mol. The number of H-pyrrole nitrogens is 1. The fraction of sp³-hybridized carbons (Fsp3) is 0.750. The topological polar surface area (TPSA) is 81.3 Å². The Morgan fingerprint density at radius 3 is 2.60 bits per heavy atom. The highest BCUT2D eigenvalue weighted by Crippen LogP contribution is 2.17. The molecule has 0 atom stereocenters. The first-order valence-electron chi connectivity index (χ1n) is 6.75. The van der Waals surface area contributed by atoms with Crippen molar-refractivity contribution in [1.29, 1.82) is 0 Å². The van der Waals surface area contributed by atoms with Crippen LogP contribution in [0.4, 0.5) is 0 Å². The second kappa shape index (κ2) is 7.72. The van der Waals surface area contributed by atoms with Crippen LogP contribution >= 0.6 is 0 Å². The molecule has 0 aliphatic heterocycles. The fourth-order valence-corrected chi connectivity index (χ4v) is 3.57. The zero-order chi connectivity index (χ0) is 15.2. The molecule has 20 heavy (non-hydrogen) atoms. The standard InChI is InChI=1S/C12H25N5O2S/c1-5-17(8-6-7-16(3)4)20(18,19)12-11(9-13-2)10-14-15-12/h10,13H,5-9H2,1-4H3,(H,14,15). The molecule has 0 fully saturated rings. The highest BCUT2D eigenvalue weighted by Gasteiger charge is 2.27. The Morgan fingerprint density at radius 1 is 1.35 bits per heavy atom. The van der Waals surface area contributed by atoms with Crippen LogP contribution in [0.1, 0.15) is 18.9 Å². The third-order valence-electron chi connectivity index (χ3n) is 3.01. The van der Waals surface area contributed by atoms with Crippen molar-refractivity contribution in [2.24, 2.45) is 0 Å². The van der Waals surface area contributed by atoms with Crippen molar-refractivity contribution in [2.45, 2.75) is 24.9 Å². The Kier molecular flexibility index (Phi) is 6.60. The van der Waals surface area contributed by atoms with E-state index in [4.69, 9.17) is 0 Å². The fourth-order valence-electron chi connectivity index (χ4n) is 1.98. The second-order valence-corrected chi connectivity index (χ2v) is 6.78. The van der Waals surface area contributed by atoms with E-state index in [2.05, 4.69) is 15.5 Å². The molecule has 0 bridgehead atoms. The van der Waals surface area contributed by atoms with E-state index in [9.17, 15) is 8.42 Å². The molecule has 116 valence electrons. The maximum atomic E-state index is 12.6. The molecule has 2 N–H and O–H groups in total. The third kappa shape index (κ3) is 4.27. The van der Waals surface area contributed by atoms with Crippen molar-refractivity contribution >= 4 is 10.0 Å². The average molecular weight is 303 g/mol. The lowest BCUT2D eigenvalue weighted by molar-refractivity contribution is 0.355. The molecule has 0 aromatic carbocycles. The number of rotatable bonds is 9. The van der Waals surface area contributed by atoms with Crippen LogP contribution in [0.3, 0.4) is 0 Å². The highest BCUT2D eigenvalue weighted by molar-refractivity contribution is 7.89. The van der Waals surface area contributed by atoms with Gasteiger partial charge in [0.15, 0.2) is 5.03 Å². The van der Waals surface area contributed by atoms with Crippen molar-refractivity contribution in [1.82, 2.24) is 24.7 Å². The summed E-state index contributed by atoms with van der Waals surface area (Å²) in [5.41, 5.74) is 0.665. The number of nitrogens with one attached hydrogen (secondary N) is 2. The molecular formula is C12H25N5O2S. The summed E-state index contributed by atoms with van der Waals surface area (Å²) in [6.45, 7) is 4.14. The smallest absolute Gasteiger partial charge is 0.260 e. The van der Waals surface area contributed by atoms with Crippen LogP contribution in [-0.2, 0) is 16.6 Å². The predicted molar refractivity (Wildman–Crippen MR) is 79.0 cm³/mol. The van der Waals surface area contributed by atoms with Crippen molar-refractivity contribution in [2.75, 3.05) is 40.8 Å². The number of aromatic nitrogens is 2. The summed E-state index contributed by atoms with van der Waals surface area (Å²) in [5.74, 6) is 0. The first-order valence-corrected chi connectivity index (χ1v) is 8.19. The molecule has 1 aromatic rings. The molecule has 0 saturated carbocycles. The van der Waals surface area contributed by atoms with Gasteiger partial charge in [-0.05, 0) is 34.1 Å². The Balaban J connectivity index is 2.85. The minimum Gasteiger partial charge on any atom is -0.316 e. The van der Waals surface area contributed by atoms with Gasteiger partial charge in [0.2, 0.25) is 0 Å². The zero-order valence-corrected chi connectivity index (χ0v) is 13.5. The molecule has 0 saturated heterocycles. The summed E-state index contributed by atoms with van der Waals surface area (Å²) in [5, 5.41) is 9.61. The Bertz CT molecular complexity index is 498. The van der Waals surface area contributed by atoms with Crippen LogP contribution in [0, 0.1) is 0 Å². The van der Waals surface area contributed by atoms with E-state index in [1.807, 2.05) is 25.9 Å². The number of hydrogen-bond acceptors (Lipinski definition) is 5. The van der Waals surface area contributed by atoms with Gasteiger partial charge in [0, 0.05) is 25.2 Å². The summed E-state index contributed by atoms with van der Waals surface area (Å²) < 4.78 is 26.7. The Hall–Kier alpha value is -0.960. The predicted octanol–water partition coefficient (Wildman–Crippen LogP) is 0.0914. The summed E-state index contributed by atoms with van der Waals surface area (Å²) in [4.78, 5) is 2.04. The van der Waals surface area contributed by atoms with Gasteiger partial charge in [0.25, 0.3) is 10.0 Å². The maximum Gasteiger partial charge on any atom is 0.260 e. The van der Waals surface area contributed by atoms with E-state index < -0.39 is 10.0 Å². The summed E-state index contributed by atoms with van der Waals surface area (Å²) >= 11 is 0. The van der Waals surface area contributed by atoms with Crippen molar-refractivity contribution in [3.8, 4) is 0 Å². The van der Waals surface area contributed by atoms with E-state index in [0.717, 1.165) is 13.0 Å². The van der Waals surface area contributed by atoms with E-state index in [1.165, 1.54) is 4.31 Å². The lowest BCUT2D eigenvalue weighted by atomic mass is 10.4. The van der Waals surface area contributed by atoms with Gasteiger partial charge in [-0.3, -0.25) is 5.10 Å². The first kappa shape index (κ1) is 17.1. The van der Waals surface area contributed by atoms with Crippen LogP contribution in [-0.4, -0.2) is 68.6 Å². The second-order valence-electron chi connectivity index (χ2n) is 4.91. The molecule has 0 aliphatic carbocycles. The van der Waals surface area contributed by atoms with Gasteiger partial charge in [-0.1, -0.05) is 6.92 Å². The van der Waals surface area contributed by atoms with E-state index in [0.29, 0.717) is 25.2 Å². The molecular weight excluding hydrogens is 278 g/mol. The maximum absolute atomic E-state index is 12.6. The molecule has 0 unspecified atom stereocenters. The summed E-state index contributed by atoms with van der Waals surface area (Å²) in [6.07, 6.45) is 2.35. The van der Waals surface area contributed by atoms with Gasteiger partial charge in [-0.25, -0.2) is 8.42 Å². The van der Waals surface area contributed by atoms with Crippen LogP contribution in [0.15, 0.2) is 11.2 Å². The molecule has 7 nitrogen and oxygen atoms in total. The van der Waals surface area contributed by atoms with Gasteiger partial charge in [0.05, 0.1) is 6.20 Å². The number of sulfonamides is 1. The Morgan fingerprint density at radius 2 is 2.05 bits per heavy atom. The largest absolute Gasteiger partial charge is 0.316 e. The van der Waals surface area contributed by atoms with Crippen molar-refractivity contribution in [3.05, 3.63) is 11.8 Å². The molecule has 0 spiro atoms. The van der Waals surface area contributed by atoms with Crippen LogP contribution in [0.2, 0.25) is 0 Å². The summed E-state index contributed by atoms with van der Waals surface area (Å²) in [6, 6.07) is 0. The number of nitrogens with zero attached hydrogens (tertiary/aromatic N) is 3. The van der Waals surface area contributed by atoms with E-state index in [-0.39, 0.29) is 5.03 Å². The van der Waals surface area contributed by atoms with Gasteiger partial charge in [0.1, 0.15) is 0 Å². The van der Waals surface area contributed by atoms with E-state index in [1.54, 1.807) is 13.2 Å². The highest BCUT2D eigenvalue weighted by atomic mass is 32.2. The number of aromatic amines is 1. The molecule has 0 amide bonds. The van der Waals surface area contributed by atoms with Crippen molar-refractivity contribution in [3.63, 3.8) is 0 Å². The quantitative estimate of drug-likeness (QED) is 0.676. The number of hydrogen-bond donors (Lipinski definition) is 2. The molecule has 0 aliphatic rings. The Labute approximate surface area is 121 Å². The SMILES string of the molecule is CCN(CCCN(C)C)S(=O)(=O)c1[nH]ncc1CNC. The van der Waals surface area contributed by atoms with Crippen molar-refractivity contribution < 1.29 is 8.42 Å². The lowest BCUT2D eigenvalue weighted by Crippen LogP contribution is -2.34. The first-order chi connectivity index (χ1) is 9.43. The van der Waals surface area contributed by atoms with Gasteiger partial charge in [-0.2, -0.15) is 9.40 Å². The normalized spacial score (nSPS) is 12.5.